The summed E-state index contributed by atoms with van der Waals surface area (Å²) in [6, 6.07) is 18.3. The fraction of sp³-hybridized carbons (Fsp3) is 0.459. The smallest absolute Gasteiger partial charge is 0.318 e. The molecule has 0 radical (unpaired) electrons. The number of ether oxygens (including phenoxy) is 1. The number of aliphatic hydroxyl groups is 1. The summed E-state index contributed by atoms with van der Waals surface area (Å²) in [7, 11) is 0. The van der Waals surface area contributed by atoms with Gasteiger partial charge in [0.15, 0.2) is 0 Å². The largest absolute Gasteiger partial charge is 0.487 e. The standard InChI is InChI=1S/C37H45ClN4O3/c1-37(2,44)27-14-17-35-33(22-27)31(32-10-6-19-39-34(32)25-45-35)11-7-20-41-21-18-30(24-41)42(23-26-12-15-28(38)16-13-26)36(43)40-29-8-4-3-5-9-29/h6,10-17,19,22,29-30,44H,3-5,7-9,18,20-21,23-25H2,1-2H3,(H,40,43). The molecular formula is C37H45ClN4O3. The maximum absolute atomic E-state index is 13.7. The maximum Gasteiger partial charge on any atom is 0.318 e. The third kappa shape index (κ3) is 7.71. The second-order valence-electron chi connectivity index (χ2n) is 13.2. The number of carbonyl (C=O) groups is 1. The quantitative estimate of drug-likeness (QED) is 0.274. The molecule has 1 aliphatic carbocycles. The number of likely N-dealkylation sites (tertiary alicyclic amines) is 1. The van der Waals surface area contributed by atoms with Gasteiger partial charge >= 0.3 is 6.03 Å². The summed E-state index contributed by atoms with van der Waals surface area (Å²) in [5.41, 5.74) is 5.02. The number of hydrogen-bond donors (Lipinski definition) is 2. The normalized spacial score (nSPS) is 19.8. The number of aromatic nitrogens is 1. The number of pyridine rings is 1. The van der Waals surface area contributed by atoms with Crippen LogP contribution in [0.25, 0.3) is 5.57 Å². The highest BCUT2D eigenvalue weighted by molar-refractivity contribution is 6.30. The molecule has 1 atom stereocenters. The van der Waals surface area contributed by atoms with Gasteiger partial charge in [-0.05, 0) is 86.6 Å². The molecule has 0 spiro atoms. The first-order valence-electron chi connectivity index (χ1n) is 16.4. The second-order valence-corrected chi connectivity index (χ2v) is 13.7. The molecule has 2 fully saturated rings. The maximum atomic E-state index is 13.7. The van der Waals surface area contributed by atoms with Crippen molar-refractivity contribution in [2.24, 2.45) is 0 Å². The fourth-order valence-corrected chi connectivity index (χ4v) is 7.00. The first-order chi connectivity index (χ1) is 21.7. The van der Waals surface area contributed by atoms with Crippen molar-refractivity contribution in [3.63, 3.8) is 0 Å². The van der Waals surface area contributed by atoms with Gasteiger partial charge in [-0.1, -0.05) is 61.2 Å². The number of benzene rings is 2. The van der Waals surface area contributed by atoms with Crippen molar-refractivity contribution in [3.8, 4) is 5.75 Å². The number of nitrogens with zero attached hydrogens (tertiary/aromatic N) is 3. The SMILES string of the molecule is CC(C)(O)c1ccc2c(c1)C(=CCCN1CCC(N(Cc3ccc(Cl)cc3)C(=O)NC3CCCCC3)C1)c1cccnc1CO2. The molecule has 45 heavy (non-hydrogen) atoms. The summed E-state index contributed by atoms with van der Waals surface area (Å²) in [4.78, 5) is 22.8. The Kier molecular flexibility index (Phi) is 9.78. The van der Waals surface area contributed by atoms with Gasteiger partial charge in [-0.3, -0.25) is 4.98 Å². The lowest BCUT2D eigenvalue weighted by Crippen LogP contribution is -2.50. The van der Waals surface area contributed by atoms with Crippen LogP contribution in [0.1, 0.15) is 86.7 Å². The van der Waals surface area contributed by atoms with Gasteiger partial charge < -0.3 is 25.0 Å². The molecule has 1 saturated heterocycles. The van der Waals surface area contributed by atoms with E-state index in [9.17, 15) is 9.90 Å². The molecule has 1 aromatic heterocycles. The van der Waals surface area contributed by atoms with Gasteiger partial charge in [-0.2, -0.15) is 0 Å². The molecule has 1 unspecified atom stereocenters. The van der Waals surface area contributed by atoms with Crippen molar-refractivity contribution in [2.75, 3.05) is 19.6 Å². The topological polar surface area (TPSA) is 77.9 Å². The summed E-state index contributed by atoms with van der Waals surface area (Å²) in [5.74, 6) is 0.801. The van der Waals surface area contributed by atoms with Crippen molar-refractivity contribution in [1.82, 2.24) is 20.1 Å². The predicted octanol–water partition coefficient (Wildman–Crippen LogP) is 7.30. The van der Waals surface area contributed by atoms with Crippen LogP contribution in [0.2, 0.25) is 5.02 Å². The van der Waals surface area contributed by atoms with E-state index in [1.807, 2.05) is 48.7 Å². The number of nitrogens with one attached hydrogen (secondary N) is 1. The molecule has 0 bridgehead atoms. The Morgan fingerprint density at radius 3 is 2.69 bits per heavy atom. The first kappa shape index (κ1) is 31.6. The van der Waals surface area contributed by atoms with Gasteiger partial charge in [-0.15, -0.1) is 0 Å². The third-order valence-electron chi connectivity index (χ3n) is 9.46. The number of carbonyl (C=O) groups excluding carboxylic acids is 1. The zero-order valence-corrected chi connectivity index (χ0v) is 27.2. The van der Waals surface area contributed by atoms with Crippen molar-refractivity contribution in [3.05, 3.63) is 99.8 Å². The van der Waals surface area contributed by atoms with Crippen LogP contribution in [-0.4, -0.2) is 57.6 Å². The Hall–Kier alpha value is -3.39. The van der Waals surface area contributed by atoms with Crippen LogP contribution in [-0.2, 0) is 18.8 Å². The molecule has 3 heterocycles. The van der Waals surface area contributed by atoms with Crippen LogP contribution in [0.15, 0.2) is 66.9 Å². The Bertz CT molecular complexity index is 1510. The summed E-state index contributed by atoms with van der Waals surface area (Å²) in [6.45, 7) is 7.26. The summed E-state index contributed by atoms with van der Waals surface area (Å²) in [5, 5.41) is 14.8. The molecule has 7 nitrogen and oxygen atoms in total. The van der Waals surface area contributed by atoms with E-state index in [1.165, 1.54) is 19.3 Å². The number of urea groups is 1. The highest BCUT2D eigenvalue weighted by Crippen LogP contribution is 2.38. The summed E-state index contributed by atoms with van der Waals surface area (Å²) < 4.78 is 6.18. The minimum Gasteiger partial charge on any atom is -0.487 e. The van der Waals surface area contributed by atoms with Crippen LogP contribution in [0, 0.1) is 0 Å². The van der Waals surface area contributed by atoms with E-state index in [-0.39, 0.29) is 18.1 Å². The second kappa shape index (κ2) is 13.9. The lowest BCUT2D eigenvalue weighted by atomic mass is 9.90. The van der Waals surface area contributed by atoms with E-state index in [4.69, 9.17) is 16.3 Å². The van der Waals surface area contributed by atoms with Gasteiger partial charge in [0.05, 0.1) is 11.3 Å². The molecular weight excluding hydrogens is 584 g/mol. The van der Waals surface area contributed by atoms with Crippen LogP contribution >= 0.6 is 11.6 Å². The van der Waals surface area contributed by atoms with Crippen LogP contribution in [0.4, 0.5) is 4.79 Å². The molecule has 2 aliphatic heterocycles. The Morgan fingerprint density at radius 2 is 1.91 bits per heavy atom. The van der Waals surface area contributed by atoms with Crippen molar-refractivity contribution < 1.29 is 14.6 Å². The molecule has 2 N–H and O–H groups in total. The van der Waals surface area contributed by atoms with Crippen LogP contribution in [0.3, 0.4) is 0 Å². The average molecular weight is 629 g/mol. The number of hydrogen-bond acceptors (Lipinski definition) is 5. The number of amides is 2. The molecule has 8 heteroatoms. The van der Waals surface area contributed by atoms with Gasteiger partial charge in [0.1, 0.15) is 12.4 Å². The van der Waals surface area contributed by atoms with Crippen molar-refractivity contribution >= 4 is 23.2 Å². The number of fused-ring (bicyclic) bond motifs is 2. The van der Waals surface area contributed by atoms with Crippen molar-refractivity contribution in [1.29, 1.82) is 0 Å². The van der Waals surface area contributed by atoms with E-state index in [2.05, 4.69) is 38.3 Å². The Morgan fingerprint density at radius 1 is 1.11 bits per heavy atom. The molecule has 2 amide bonds. The minimum absolute atomic E-state index is 0.0487. The molecule has 238 valence electrons. The van der Waals surface area contributed by atoms with Crippen LogP contribution in [0.5, 0.6) is 5.75 Å². The van der Waals surface area contributed by atoms with Gasteiger partial charge in [0.2, 0.25) is 0 Å². The summed E-state index contributed by atoms with van der Waals surface area (Å²) in [6.07, 6.45) is 11.6. The van der Waals surface area contributed by atoms with Gasteiger partial charge in [0.25, 0.3) is 0 Å². The number of rotatable bonds is 8. The van der Waals surface area contributed by atoms with E-state index in [0.717, 1.165) is 84.6 Å². The van der Waals surface area contributed by atoms with E-state index >= 15 is 0 Å². The fourth-order valence-electron chi connectivity index (χ4n) is 6.88. The van der Waals surface area contributed by atoms with E-state index in [1.54, 1.807) is 13.8 Å². The molecule has 2 aromatic carbocycles. The lowest BCUT2D eigenvalue weighted by Gasteiger charge is -2.32. The van der Waals surface area contributed by atoms with Crippen LogP contribution < -0.4 is 10.1 Å². The van der Waals surface area contributed by atoms with E-state index in [0.29, 0.717) is 18.2 Å². The van der Waals surface area contributed by atoms with Gasteiger partial charge in [0, 0.05) is 60.6 Å². The monoisotopic (exact) mass is 628 g/mol. The first-order valence-corrected chi connectivity index (χ1v) is 16.8. The highest BCUT2D eigenvalue weighted by atomic mass is 35.5. The average Bonchev–Trinajstić information content (AvgIpc) is 3.44. The molecule has 6 rings (SSSR count). The van der Waals surface area contributed by atoms with Crippen molar-refractivity contribution in [2.45, 2.75) is 89.6 Å². The molecule has 3 aromatic rings. The van der Waals surface area contributed by atoms with E-state index < -0.39 is 5.60 Å². The zero-order valence-electron chi connectivity index (χ0n) is 26.5. The lowest BCUT2D eigenvalue weighted by molar-refractivity contribution is 0.0785. The molecule has 1 saturated carbocycles. The third-order valence-corrected chi connectivity index (χ3v) is 9.71. The zero-order chi connectivity index (χ0) is 31.4. The number of halogens is 1. The van der Waals surface area contributed by atoms with Gasteiger partial charge in [-0.25, -0.2) is 4.79 Å². The Labute approximate surface area is 272 Å². The molecule has 3 aliphatic rings. The minimum atomic E-state index is -0.962. The summed E-state index contributed by atoms with van der Waals surface area (Å²) >= 11 is 6.16. The Balaban J connectivity index is 1.18. The predicted molar refractivity (Wildman–Crippen MR) is 179 cm³/mol. The highest BCUT2D eigenvalue weighted by Gasteiger charge is 2.32.